The minimum atomic E-state index is -0.186. The highest BCUT2D eigenvalue weighted by atomic mass is 32.1. The quantitative estimate of drug-likeness (QED) is 0.175. The summed E-state index contributed by atoms with van der Waals surface area (Å²) >= 11 is 1.88. The fourth-order valence-electron chi connectivity index (χ4n) is 12.3. The summed E-state index contributed by atoms with van der Waals surface area (Å²) in [6, 6.07) is 88.0. The maximum absolute atomic E-state index is 6.70. The highest BCUT2D eigenvalue weighted by Crippen LogP contribution is 2.53. The number of fused-ring (bicyclic) bond motifs is 21. The molecule has 3 heteroatoms. The van der Waals surface area contributed by atoms with Crippen molar-refractivity contribution >= 4 is 102 Å². The number of hydrogen-bond acceptors (Lipinski definition) is 3. The minimum Gasteiger partial charge on any atom is -0.456 e. The average molecular weight is 936 g/mol. The second-order valence-electron chi connectivity index (χ2n) is 19.9. The SMILES string of the molecule is CC1(C)c2ccccc2-c2ccc(N(c3ccc4c(c3)-c3ccccc3Oc3ccccc3-4)c3ccc4c(c3)c3ccccc3c3ccccc3c3ccccc3c3cc5c(cc43)sc3ccccc35)cc21. The first kappa shape index (κ1) is 41.1. The van der Waals surface area contributed by atoms with Gasteiger partial charge in [-0.05, 0) is 154 Å². The van der Waals surface area contributed by atoms with Gasteiger partial charge in [-0.25, -0.2) is 0 Å². The molecule has 0 spiro atoms. The summed E-state index contributed by atoms with van der Waals surface area (Å²) in [5.41, 5.74) is 12.8. The van der Waals surface area contributed by atoms with E-state index in [0.717, 1.165) is 50.8 Å². The Labute approximate surface area is 421 Å². The van der Waals surface area contributed by atoms with Crippen LogP contribution in [0, 0.1) is 0 Å². The van der Waals surface area contributed by atoms with Crippen LogP contribution in [0.1, 0.15) is 25.0 Å². The predicted molar refractivity (Wildman–Crippen MR) is 308 cm³/mol. The lowest BCUT2D eigenvalue weighted by Gasteiger charge is -2.29. The molecule has 0 unspecified atom stereocenters. The van der Waals surface area contributed by atoms with Crippen LogP contribution in [0.25, 0.3) is 107 Å². The smallest absolute Gasteiger partial charge is 0.135 e. The van der Waals surface area contributed by atoms with Crippen LogP contribution in [-0.2, 0) is 5.41 Å². The van der Waals surface area contributed by atoms with Crippen molar-refractivity contribution < 1.29 is 4.74 Å². The highest BCUT2D eigenvalue weighted by Gasteiger charge is 2.36. The fraction of sp³-hybridized carbons (Fsp3) is 0.0435. The largest absolute Gasteiger partial charge is 0.456 e. The summed E-state index contributed by atoms with van der Waals surface area (Å²) < 4.78 is 9.29. The van der Waals surface area contributed by atoms with E-state index in [2.05, 4.69) is 255 Å². The van der Waals surface area contributed by atoms with E-state index >= 15 is 0 Å². The van der Waals surface area contributed by atoms with Crippen LogP contribution in [0.5, 0.6) is 11.5 Å². The molecule has 2 aliphatic rings. The summed E-state index contributed by atoms with van der Waals surface area (Å²) in [6.45, 7) is 4.74. The van der Waals surface area contributed by atoms with Gasteiger partial charge in [0.1, 0.15) is 11.5 Å². The van der Waals surface area contributed by atoms with Gasteiger partial charge in [0.2, 0.25) is 0 Å². The number of thiophene rings is 1. The van der Waals surface area contributed by atoms with Crippen LogP contribution in [0.4, 0.5) is 17.1 Å². The summed E-state index contributed by atoms with van der Waals surface area (Å²) in [5, 5.41) is 14.7. The van der Waals surface area contributed by atoms with Crippen molar-refractivity contribution in [3.8, 4) is 44.9 Å². The molecule has 0 radical (unpaired) electrons. The van der Waals surface area contributed by atoms with E-state index in [9.17, 15) is 0 Å². The van der Waals surface area contributed by atoms with Crippen LogP contribution in [0.15, 0.2) is 237 Å². The zero-order valence-electron chi connectivity index (χ0n) is 39.8. The molecule has 0 saturated heterocycles. The number of hydrogen-bond donors (Lipinski definition) is 0. The van der Waals surface area contributed by atoms with Gasteiger partial charge in [0.25, 0.3) is 0 Å². The molecule has 0 N–H and O–H groups in total. The first-order chi connectivity index (χ1) is 35.5. The first-order valence-corrected chi connectivity index (χ1v) is 25.7. The van der Waals surface area contributed by atoms with Gasteiger partial charge in [0, 0.05) is 53.8 Å². The molecule has 1 aromatic heterocycles. The van der Waals surface area contributed by atoms with Crippen LogP contribution < -0.4 is 9.64 Å². The molecular weight excluding hydrogens is 891 g/mol. The van der Waals surface area contributed by atoms with Crippen molar-refractivity contribution in [2.24, 2.45) is 0 Å². The highest BCUT2D eigenvalue weighted by molar-refractivity contribution is 7.25. The number of anilines is 3. The third-order valence-electron chi connectivity index (χ3n) is 15.7. The Morgan fingerprint density at radius 1 is 0.292 bits per heavy atom. The second kappa shape index (κ2) is 15.6. The first-order valence-electron chi connectivity index (χ1n) is 24.9. The Morgan fingerprint density at radius 3 is 1.40 bits per heavy atom. The molecule has 338 valence electrons. The van der Waals surface area contributed by atoms with E-state index in [1.54, 1.807) is 0 Å². The van der Waals surface area contributed by atoms with Crippen LogP contribution >= 0.6 is 11.3 Å². The Balaban J connectivity index is 1.08. The third-order valence-corrected chi connectivity index (χ3v) is 16.8. The zero-order chi connectivity index (χ0) is 47.7. The minimum absolute atomic E-state index is 0.186. The van der Waals surface area contributed by atoms with Crippen LogP contribution in [0.2, 0.25) is 0 Å². The Hall–Kier alpha value is -8.76. The van der Waals surface area contributed by atoms with E-state index in [0.29, 0.717) is 0 Å². The molecule has 0 atom stereocenters. The third kappa shape index (κ3) is 6.08. The van der Waals surface area contributed by atoms with Crippen molar-refractivity contribution in [1.82, 2.24) is 0 Å². The molecule has 1 aliphatic heterocycles. The van der Waals surface area contributed by atoms with Crippen molar-refractivity contribution in [3.05, 3.63) is 248 Å². The molecular formula is C69H45NOS. The summed E-state index contributed by atoms with van der Waals surface area (Å²) in [5.74, 6) is 1.71. The Kier molecular flexibility index (Phi) is 8.91. The van der Waals surface area contributed by atoms with Crippen molar-refractivity contribution in [2.45, 2.75) is 19.3 Å². The normalized spacial score (nSPS) is 13.1. The molecule has 12 aromatic carbocycles. The van der Waals surface area contributed by atoms with Gasteiger partial charge in [-0.1, -0.05) is 184 Å². The summed E-state index contributed by atoms with van der Waals surface area (Å²) in [4.78, 5) is 2.49. The molecule has 2 nitrogen and oxygen atoms in total. The summed E-state index contributed by atoms with van der Waals surface area (Å²) in [6.07, 6.45) is 0. The van der Waals surface area contributed by atoms with E-state index < -0.39 is 0 Å². The number of para-hydroxylation sites is 2. The molecule has 72 heavy (non-hydrogen) atoms. The summed E-state index contributed by atoms with van der Waals surface area (Å²) in [7, 11) is 0. The second-order valence-corrected chi connectivity index (χ2v) is 21.0. The molecule has 15 rings (SSSR count). The van der Waals surface area contributed by atoms with Crippen molar-refractivity contribution in [1.29, 1.82) is 0 Å². The zero-order valence-corrected chi connectivity index (χ0v) is 40.6. The van der Waals surface area contributed by atoms with Gasteiger partial charge in [-0.15, -0.1) is 11.3 Å². The van der Waals surface area contributed by atoms with Crippen LogP contribution in [-0.4, -0.2) is 0 Å². The van der Waals surface area contributed by atoms with Gasteiger partial charge in [-0.3, -0.25) is 0 Å². The van der Waals surface area contributed by atoms with Gasteiger partial charge in [0.15, 0.2) is 0 Å². The molecule has 0 amide bonds. The number of ether oxygens (including phenoxy) is 1. The van der Waals surface area contributed by atoms with Gasteiger partial charge in [0.05, 0.1) is 0 Å². The fourth-order valence-corrected chi connectivity index (χ4v) is 13.4. The van der Waals surface area contributed by atoms with E-state index in [1.807, 2.05) is 11.3 Å². The van der Waals surface area contributed by atoms with Crippen LogP contribution in [0.3, 0.4) is 0 Å². The van der Waals surface area contributed by atoms with Gasteiger partial charge >= 0.3 is 0 Å². The number of nitrogens with zero attached hydrogens (tertiary/aromatic N) is 1. The number of benzene rings is 11. The van der Waals surface area contributed by atoms with Gasteiger partial charge < -0.3 is 9.64 Å². The molecule has 0 bridgehead atoms. The lowest BCUT2D eigenvalue weighted by atomic mass is 9.82. The van der Waals surface area contributed by atoms with E-state index in [1.165, 1.54) is 96.3 Å². The van der Waals surface area contributed by atoms with E-state index in [4.69, 9.17) is 4.74 Å². The Bertz CT molecular complexity index is 4540. The van der Waals surface area contributed by atoms with E-state index in [-0.39, 0.29) is 5.41 Å². The molecule has 1 aliphatic carbocycles. The van der Waals surface area contributed by atoms with Crippen molar-refractivity contribution in [3.63, 3.8) is 0 Å². The molecule has 0 fully saturated rings. The maximum Gasteiger partial charge on any atom is 0.135 e. The molecule has 0 saturated carbocycles. The van der Waals surface area contributed by atoms with Crippen molar-refractivity contribution in [2.75, 3.05) is 4.90 Å². The lowest BCUT2D eigenvalue weighted by Crippen LogP contribution is -2.16. The molecule has 2 heterocycles. The Morgan fingerprint density at radius 2 is 0.736 bits per heavy atom. The average Bonchev–Trinajstić information content (AvgIpc) is 3.85. The monoisotopic (exact) mass is 935 g/mol. The maximum atomic E-state index is 6.70. The number of rotatable bonds is 3. The standard InChI is InChI=1S/C69H45NOS/c1-69(2)63-27-13-9-23-53(63)54-36-33-44(39-64(54)69)70(43-31-34-51-55-24-10-14-28-65(55)71-66-29-15-11-25-56(66)59(51)38-43)42-32-35-52-58(37-42)49-21-7-5-19-47(49)45-17-3-4-18-46(45)48-20-6-8-22-50(48)60-40-62-57-26-12-16-30-67(57)72-68(62)41-61(52)60/h3-41H,1-2H3. The lowest BCUT2D eigenvalue weighted by molar-refractivity contribution is 0.488. The molecule has 13 aromatic rings. The van der Waals surface area contributed by atoms with Gasteiger partial charge in [-0.2, -0.15) is 0 Å². The predicted octanol–water partition coefficient (Wildman–Crippen LogP) is 20.2. The topological polar surface area (TPSA) is 12.5 Å².